The Kier molecular flexibility index (Phi) is 6.16. The zero-order valence-corrected chi connectivity index (χ0v) is 19.5. The first-order valence-electron chi connectivity index (χ1n) is 10.0. The van der Waals surface area contributed by atoms with Gasteiger partial charge in [-0.05, 0) is 67.8 Å². The Morgan fingerprint density at radius 1 is 1.09 bits per heavy atom. The van der Waals surface area contributed by atoms with E-state index in [1.54, 1.807) is 31.3 Å². The van der Waals surface area contributed by atoms with Gasteiger partial charge in [0.15, 0.2) is 0 Å². The molecular formula is C22H21N5O4S2. The van der Waals surface area contributed by atoms with Gasteiger partial charge in [-0.1, -0.05) is 0 Å². The van der Waals surface area contributed by atoms with E-state index in [1.807, 2.05) is 29.8 Å². The molecule has 3 N–H and O–H groups in total. The minimum absolute atomic E-state index is 0.0527. The maximum Gasteiger partial charge on any atom is 0.333 e. The summed E-state index contributed by atoms with van der Waals surface area (Å²) in [6, 6.07) is 12.6. The standard InChI is InChI=1S/C22H21N5O4S2/c1-3-23-16-5-7-18-15(12-16)10-11-27(21(18)28)19-8-6-17(13-24-19)25-22(29)26-33(30,31)20-9-4-14(2)32-20/h4-13,23H,3H2,1-2H3,(H2,25,26,29). The Labute approximate surface area is 194 Å². The van der Waals surface area contributed by atoms with Gasteiger partial charge >= 0.3 is 6.03 Å². The molecule has 0 bridgehead atoms. The number of thiophene rings is 1. The van der Waals surface area contributed by atoms with Crippen molar-refractivity contribution in [3.63, 3.8) is 0 Å². The Hall–Kier alpha value is -3.70. The van der Waals surface area contributed by atoms with E-state index < -0.39 is 16.1 Å². The molecule has 9 nitrogen and oxygen atoms in total. The van der Waals surface area contributed by atoms with Crippen LogP contribution in [0.4, 0.5) is 16.2 Å². The van der Waals surface area contributed by atoms with E-state index in [1.165, 1.54) is 22.9 Å². The summed E-state index contributed by atoms with van der Waals surface area (Å²) >= 11 is 1.07. The van der Waals surface area contributed by atoms with Crippen molar-refractivity contribution < 1.29 is 13.2 Å². The molecule has 0 fully saturated rings. The molecule has 4 rings (SSSR count). The Bertz CT molecular complexity index is 1490. The summed E-state index contributed by atoms with van der Waals surface area (Å²) in [5, 5.41) is 7.01. The quantitative estimate of drug-likeness (QED) is 0.384. The smallest absolute Gasteiger partial charge is 0.333 e. The lowest BCUT2D eigenvalue weighted by molar-refractivity contribution is 0.256. The molecule has 1 aromatic carbocycles. The van der Waals surface area contributed by atoms with E-state index in [0.717, 1.165) is 33.8 Å². The number of amides is 2. The number of rotatable bonds is 6. The number of hydrogen-bond donors (Lipinski definition) is 3. The number of aryl methyl sites for hydroxylation is 1. The fourth-order valence-electron chi connectivity index (χ4n) is 3.23. The predicted molar refractivity (Wildman–Crippen MR) is 130 cm³/mol. The molecule has 2 amide bonds. The minimum Gasteiger partial charge on any atom is -0.385 e. The summed E-state index contributed by atoms with van der Waals surface area (Å²) in [6.07, 6.45) is 2.99. The van der Waals surface area contributed by atoms with Gasteiger partial charge in [0.1, 0.15) is 10.0 Å². The Morgan fingerprint density at radius 3 is 2.55 bits per heavy atom. The number of urea groups is 1. The first-order valence-corrected chi connectivity index (χ1v) is 12.3. The van der Waals surface area contributed by atoms with Crippen molar-refractivity contribution >= 4 is 49.5 Å². The van der Waals surface area contributed by atoms with Gasteiger partial charge in [0, 0.05) is 28.7 Å². The minimum atomic E-state index is -3.96. The molecule has 33 heavy (non-hydrogen) atoms. The van der Waals surface area contributed by atoms with E-state index in [0.29, 0.717) is 11.2 Å². The Morgan fingerprint density at radius 2 is 1.88 bits per heavy atom. The number of carbonyl (C=O) groups is 1. The van der Waals surface area contributed by atoms with Crippen LogP contribution in [0.25, 0.3) is 16.6 Å². The lowest BCUT2D eigenvalue weighted by atomic mass is 10.1. The first kappa shape index (κ1) is 22.5. The molecule has 0 unspecified atom stereocenters. The van der Waals surface area contributed by atoms with E-state index in [4.69, 9.17) is 0 Å². The summed E-state index contributed by atoms with van der Waals surface area (Å²) in [7, 11) is -3.96. The first-order chi connectivity index (χ1) is 15.8. The van der Waals surface area contributed by atoms with Crippen LogP contribution < -0.4 is 20.9 Å². The van der Waals surface area contributed by atoms with E-state index in [2.05, 4.69) is 15.6 Å². The maximum atomic E-state index is 12.9. The second-order valence-electron chi connectivity index (χ2n) is 7.15. The number of fused-ring (bicyclic) bond motifs is 1. The highest BCUT2D eigenvalue weighted by Crippen LogP contribution is 2.21. The maximum absolute atomic E-state index is 12.9. The number of carbonyl (C=O) groups excluding carboxylic acids is 1. The third-order valence-corrected chi connectivity index (χ3v) is 7.57. The average Bonchev–Trinajstić information content (AvgIpc) is 3.22. The van der Waals surface area contributed by atoms with Gasteiger partial charge in [0.2, 0.25) is 0 Å². The third-order valence-electron chi connectivity index (χ3n) is 4.75. The van der Waals surface area contributed by atoms with E-state index >= 15 is 0 Å². The second-order valence-corrected chi connectivity index (χ2v) is 10.4. The van der Waals surface area contributed by atoms with Crippen LogP contribution in [0.2, 0.25) is 0 Å². The van der Waals surface area contributed by atoms with Gasteiger partial charge in [-0.25, -0.2) is 22.9 Å². The van der Waals surface area contributed by atoms with Crippen LogP contribution in [0.3, 0.4) is 0 Å². The van der Waals surface area contributed by atoms with Crippen LogP contribution in [-0.2, 0) is 10.0 Å². The molecule has 0 aliphatic rings. The third kappa shape index (κ3) is 4.89. The topological polar surface area (TPSA) is 122 Å². The highest BCUT2D eigenvalue weighted by Gasteiger charge is 2.19. The van der Waals surface area contributed by atoms with Crippen molar-refractivity contribution in [1.82, 2.24) is 14.3 Å². The van der Waals surface area contributed by atoms with Crippen molar-refractivity contribution in [3.8, 4) is 5.82 Å². The van der Waals surface area contributed by atoms with Crippen LogP contribution in [-0.4, -0.2) is 30.5 Å². The van der Waals surface area contributed by atoms with Gasteiger partial charge in [-0.2, -0.15) is 0 Å². The molecule has 0 spiro atoms. The molecule has 11 heteroatoms. The molecule has 0 saturated heterocycles. The molecule has 0 aliphatic carbocycles. The fourth-order valence-corrected chi connectivity index (χ4v) is 5.42. The summed E-state index contributed by atoms with van der Waals surface area (Å²) in [5.41, 5.74) is 0.988. The summed E-state index contributed by atoms with van der Waals surface area (Å²) in [4.78, 5) is 30.1. The number of nitrogens with one attached hydrogen (secondary N) is 3. The van der Waals surface area contributed by atoms with Gasteiger partial charge in [-0.15, -0.1) is 11.3 Å². The van der Waals surface area contributed by atoms with Crippen molar-refractivity contribution in [2.75, 3.05) is 17.2 Å². The normalized spacial score (nSPS) is 11.3. The van der Waals surface area contributed by atoms with Crippen LogP contribution in [0.15, 0.2) is 69.9 Å². The summed E-state index contributed by atoms with van der Waals surface area (Å²) in [5.74, 6) is 0.366. The van der Waals surface area contributed by atoms with E-state index in [9.17, 15) is 18.0 Å². The summed E-state index contributed by atoms with van der Waals surface area (Å²) < 4.78 is 28.0. The van der Waals surface area contributed by atoms with Crippen molar-refractivity contribution in [2.45, 2.75) is 18.1 Å². The number of benzene rings is 1. The predicted octanol–water partition coefficient (Wildman–Crippen LogP) is 3.70. The van der Waals surface area contributed by atoms with E-state index in [-0.39, 0.29) is 15.5 Å². The number of aromatic nitrogens is 2. The molecule has 3 heterocycles. The zero-order chi connectivity index (χ0) is 23.6. The van der Waals surface area contributed by atoms with Gasteiger partial charge in [0.05, 0.1) is 11.9 Å². The van der Waals surface area contributed by atoms with Gasteiger partial charge in [0.25, 0.3) is 15.6 Å². The number of pyridine rings is 2. The van der Waals surface area contributed by atoms with Crippen molar-refractivity contribution in [2.24, 2.45) is 0 Å². The lowest BCUT2D eigenvalue weighted by Gasteiger charge is -2.10. The highest BCUT2D eigenvalue weighted by atomic mass is 32.2. The number of hydrogen-bond acceptors (Lipinski definition) is 7. The number of sulfonamides is 1. The fraction of sp³-hybridized carbons (Fsp3) is 0.136. The van der Waals surface area contributed by atoms with Crippen LogP contribution in [0.5, 0.6) is 0 Å². The molecule has 0 radical (unpaired) electrons. The average molecular weight is 484 g/mol. The molecule has 0 aliphatic heterocycles. The molecule has 0 atom stereocenters. The highest BCUT2D eigenvalue weighted by molar-refractivity contribution is 7.92. The van der Waals surface area contributed by atoms with Gasteiger partial charge < -0.3 is 10.6 Å². The SMILES string of the molecule is CCNc1ccc2c(=O)n(-c3ccc(NC(=O)NS(=O)(=O)c4ccc(C)s4)cn3)ccc2c1. The molecule has 0 saturated carbocycles. The zero-order valence-electron chi connectivity index (χ0n) is 17.8. The van der Waals surface area contributed by atoms with Crippen LogP contribution in [0.1, 0.15) is 11.8 Å². The molecular weight excluding hydrogens is 462 g/mol. The largest absolute Gasteiger partial charge is 0.385 e. The van der Waals surface area contributed by atoms with Crippen LogP contribution in [0, 0.1) is 6.92 Å². The van der Waals surface area contributed by atoms with Crippen molar-refractivity contribution in [1.29, 1.82) is 0 Å². The number of anilines is 2. The summed E-state index contributed by atoms with van der Waals surface area (Å²) in [6.45, 7) is 4.56. The van der Waals surface area contributed by atoms with Crippen LogP contribution >= 0.6 is 11.3 Å². The molecule has 4 aromatic rings. The van der Waals surface area contributed by atoms with Crippen molar-refractivity contribution in [3.05, 3.63) is 76.2 Å². The second kappa shape index (κ2) is 9.04. The molecule has 170 valence electrons. The lowest BCUT2D eigenvalue weighted by Crippen LogP contribution is -2.34. The number of nitrogens with zero attached hydrogens (tertiary/aromatic N) is 2. The van der Waals surface area contributed by atoms with Gasteiger partial charge in [-0.3, -0.25) is 9.36 Å². The Balaban J connectivity index is 1.50. The molecule has 3 aromatic heterocycles. The monoisotopic (exact) mass is 483 g/mol.